The molecule has 0 bridgehead atoms. The second kappa shape index (κ2) is 59.3. The normalized spacial score (nSPS) is 1.00. The van der Waals surface area contributed by atoms with Crippen LogP contribution < -0.4 is 37.2 Å². The average molecular weight is 202 g/mol. The Morgan fingerprint density at radius 1 is 0.833 bits per heavy atom. The van der Waals surface area contributed by atoms with Gasteiger partial charge in [-0.25, -0.2) is 0 Å². The molecule has 0 aliphatic rings. The molecule has 6 heteroatoms. The summed E-state index contributed by atoms with van der Waals surface area (Å²) >= 11 is 4.56. The van der Waals surface area contributed by atoms with Gasteiger partial charge in [0.25, 0.3) is 0 Å². The van der Waals surface area contributed by atoms with E-state index in [0.29, 0.717) is 0 Å². The first-order valence-corrected chi connectivity index (χ1v) is 1.96. The summed E-state index contributed by atoms with van der Waals surface area (Å²) in [5, 5.41) is 0. The third-order valence-electron chi connectivity index (χ3n) is 0. The quantitative estimate of drug-likeness (QED) is 0.270. The van der Waals surface area contributed by atoms with Crippen LogP contribution >= 0.6 is 19.8 Å². The van der Waals surface area contributed by atoms with E-state index in [1.807, 2.05) is 8.59 Å². The largest absolute Gasteiger partial charge is 3.00 e. The van der Waals surface area contributed by atoms with Crippen molar-refractivity contribution in [3.8, 4) is 0 Å². The molecule has 0 amide bonds. The average Bonchev–Trinajstić information content (AvgIpc) is 1.00. The minimum atomic E-state index is 0. The van der Waals surface area contributed by atoms with Crippen LogP contribution in [-0.4, -0.2) is 17.4 Å². The number of hydrogen-bond acceptors (Lipinski definition) is 0. The second-order valence-electron chi connectivity index (χ2n) is 0. The molecular formula is H2AlCl4P. The zero-order valence-corrected chi connectivity index (χ0v) is 8.00. The Labute approximate surface area is 74.1 Å². The first kappa shape index (κ1) is 42.3. The Kier molecular flexibility index (Phi) is 417. The van der Waals surface area contributed by atoms with Gasteiger partial charge in [0, 0.05) is 0 Å². The van der Waals surface area contributed by atoms with E-state index in [0.717, 1.165) is 0 Å². The molecule has 0 nitrogen and oxygen atoms in total. The summed E-state index contributed by atoms with van der Waals surface area (Å²) in [6.45, 7) is 0. The van der Waals surface area contributed by atoms with E-state index in [4.69, 9.17) is 0 Å². The van der Waals surface area contributed by atoms with E-state index < -0.39 is 0 Å². The first-order valence-electron chi connectivity index (χ1n) is 0.218. The van der Waals surface area contributed by atoms with Crippen molar-refractivity contribution in [2.75, 3.05) is 0 Å². The van der Waals surface area contributed by atoms with E-state index in [1.54, 1.807) is 0 Å². The predicted molar refractivity (Wildman–Crippen MR) is 21.3 cm³/mol. The van der Waals surface area contributed by atoms with Gasteiger partial charge in [0.2, 0.25) is 0 Å². The van der Waals surface area contributed by atoms with Gasteiger partial charge in [0.15, 0.2) is 0 Å². The van der Waals surface area contributed by atoms with Crippen LogP contribution in [0.1, 0.15) is 0 Å². The predicted octanol–water partition coefficient (Wildman–Crippen LogP) is -8.35. The van der Waals surface area contributed by atoms with Gasteiger partial charge in [-0.2, -0.15) is 0 Å². The number of rotatable bonds is 0. The molecule has 0 radical (unpaired) electrons. The molecule has 0 N–H and O–H groups in total. The third kappa shape index (κ3) is 35.7. The van der Waals surface area contributed by atoms with E-state index in [9.17, 15) is 0 Å². The van der Waals surface area contributed by atoms with Gasteiger partial charge in [-0.15, -0.1) is 11.2 Å². The van der Waals surface area contributed by atoms with Crippen LogP contribution in [0.3, 0.4) is 0 Å². The SMILES string of the molecule is PCl.[Al+3].[Cl-].[Cl-].[Cl-]. The van der Waals surface area contributed by atoms with Crippen LogP contribution in [0.4, 0.5) is 0 Å². The van der Waals surface area contributed by atoms with Crippen LogP contribution in [0.2, 0.25) is 0 Å². The summed E-state index contributed by atoms with van der Waals surface area (Å²) in [5.74, 6) is 0. The molecule has 1 unspecified atom stereocenters. The van der Waals surface area contributed by atoms with Gasteiger partial charge < -0.3 is 37.2 Å². The zero-order chi connectivity index (χ0) is 2.00. The summed E-state index contributed by atoms with van der Waals surface area (Å²) in [6, 6.07) is 0. The first-order chi connectivity index (χ1) is 1.00. The monoisotopic (exact) mass is 200 g/mol. The summed E-state index contributed by atoms with van der Waals surface area (Å²) < 4.78 is 0. The van der Waals surface area contributed by atoms with Crippen molar-refractivity contribution < 1.29 is 37.2 Å². The molecule has 0 aliphatic heterocycles. The Morgan fingerprint density at radius 3 is 0.833 bits per heavy atom. The van der Waals surface area contributed by atoms with Crippen molar-refractivity contribution in [1.29, 1.82) is 0 Å². The molecule has 0 aliphatic carbocycles. The molecule has 0 aromatic rings. The number of hydrogen-bond donors (Lipinski definition) is 0. The molecule has 0 saturated heterocycles. The van der Waals surface area contributed by atoms with E-state index in [1.165, 1.54) is 0 Å². The summed E-state index contributed by atoms with van der Waals surface area (Å²) in [7, 11) is 1.89. The second-order valence-corrected chi connectivity index (χ2v) is 0. The fourth-order valence-corrected chi connectivity index (χ4v) is 0. The maximum atomic E-state index is 4.56. The van der Waals surface area contributed by atoms with Crippen molar-refractivity contribution in [3.05, 3.63) is 0 Å². The molecule has 0 spiro atoms. The smallest absolute Gasteiger partial charge is 1.00 e. The van der Waals surface area contributed by atoms with Gasteiger partial charge in [0.1, 0.15) is 0 Å². The van der Waals surface area contributed by atoms with Crippen LogP contribution in [-0.2, 0) is 0 Å². The van der Waals surface area contributed by atoms with Gasteiger partial charge in [-0.3, -0.25) is 0 Å². The minimum Gasteiger partial charge on any atom is -1.00 e. The minimum absolute atomic E-state index is 0. The molecule has 0 aromatic heterocycles. The third-order valence-corrected chi connectivity index (χ3v) is 0. The molecular weight excluding hydrogens is 200 g/mol. The van der Waals surface area contributed by atoms with E-state index >= 15 is 0 Å². The molecule has 0 rings (SSSR count). The topological polar surface area (TPSA) is 0 Å². The summed E-state index contributed by atoms with van der Waals surface area (Å²) in [5.41, 5.74) is 0. The molecule has 0 fully saturated rings. The summed E-state index contributed by atoms with van der Waals surface area (Å²) in [4.78, 5) is 0. The Hall–Kier alpha value is 2.12. The summed E-state index contributed by atoms with van der Waals surface area (Å²) in [6.07, 6.45) is 0. The van der Waals surface area contributed by atoms with Crippen molar-refractivity contribution >= 4 is 37.2 Å². The van der Waals surface area contributed by atoms with Gasteiger partial charge in [-0.05, 0) is 8.59 Å². The van der Waals surface area contributed by atoms with Crippen LogP contribution in [0.5, 0.6) is 0 Å². The Morgan fingerprint density at radius 2 is 0.833 bits per heavy atom. The number of halogens is 4. The van der Waals surface area contributed by atoms with Crippen molar-refractivity contribution in [2.45, 2.75) is 0 Å². The molecule has 1 atom stereocenters. The van der Waals surface area contributed by atoms with Crippen molar-refractivity contribution in [1.82, 2.24) is 0 Å². The van der Waals surface area contributed by atoms with E-state index in [-0.39, 0.29) is 54.6 Å². The van der Waals surface area contributed by atoms with Gasteiger partial charge in [0.05, 0.1) is 0 Å². The zero-order valence-electron chi connectivity index (χ0n) is 2.67. The Balaban J connectivity index is -0.000000000833. The van der Waals surface area contributed by atoms with Crippen LogP contribution in [0, 0.1) is 0 Å². The molecule has 0 heterocycles. The fourth-order valence-electron chi connectivity index (χ4n) is 0. The van der Waals surface area contributed by atoms with Crippen molar-refractivity contribution in [2.24, 2.45) is 0 Å². The molecule has 38 valence electrons. The Bertz CT molecular complexity index is 7.51. The van der Waals surface area contributed by atoms with Gasteiger partial charge >= 0.3 is 17.4 Å². The maximum Gasteiger partial charge on any atom is 3.00 e. The molecule has 0 aromatic carbocycles. The molecule has 6 heavy (non-hydrogen) atoms. The van der Waals surface area contributed by atoms with Crippen LogP contribution in [0.15, 0.2) is 0 Å². The van der Waals surface area contributed by atoms with E-state index in [2.05, 4.69) is 11.2 Å². The van der Waals surface area contributed by atoms with Gasteiger partial charge in [-0.1, -0.05) is 0 Å². The molecule has 0 saturated carbocycles. The fraction of sp³-hybridized carbons (Fsp3) is 0. The standard InChI is InChI=1S/Al.ClH2P.3ClH/c;1-2;;;/h;2H2;3*1H/q+3;;;;/p-3. The van der Waals surface area contributed by atoms with Crippen LogP contribution in [0.25, 0.3) is 0 Å². The maximum absolute atomic E-state index is 4.56. The van der Waals surface area contributed by atoms with Crippen molar-refractivity contribution in [3.63, 3.8) is 0 Å².